The van der Waals surface area contributed by atoms with Gasteiger partial charge in [-0.1, -0.05) is 32.1 Å². The molecule has 25 heavy (non-hydrogen) atoms. The van der Waals surface area contributed by atoms with Crippen molar-refractivity contribution in [2.45, 2.75) is 27.7 Å². The van der Waals surface area contributed by atoms with E-state index < -0.39 is 11.4 Å². The number of hydrogen-bond donors (Lipinski definition) is 2. The van der Waals surface area contributed by atoms with Crippen molar-refractivity contribution in [2.24, 2.45) is 5.41 Å². The number of esters is 1. The first-order chi connectivity index (χ1) is 11.6. The first kappa shape index (κ1) is 19.1. The third kappa shape index (κ3) is 4.64. The largest absolute Gasteiger partial charge is 0.465 e. The number of nitrogens with one attached hydrogen (secondary N) is 2. The summed E-state index contributed by atoms with van der Waals surface area (Å²) in [5, 5.41) is 6.38. The van der Waals surface area contributed by atoms with E-state index in [0.717, 1.165) is 16.9 Å². The first-order valence-corrected chi connectivity index (χ1v) is 9.02. The number of amides is 2. The van der Waals surface area contributed by atoms with Crippen LogP contribution in [-0.2, 0) is 9.53 Å². The molecule has 0 aromatic carbocycles. The second kappa shape index (κ2) is 7.32. The summed E-state index contributed by atoms with van der Waals surface area (Å²) in [6, 6.07) is 1.75. The summed E-state index contributed by atoms with van der Waals surface area (Å²) in [6.07, 6.45) is 1.35. The van der Waals surface area contributed by atoms with Crippen LogP contribution in [-0.4, -0.2) is 29.9 Å². The van der Waals surface area contributed by atoms with E-state index in [0.29, 0.717) is 19.9 Å². The summed E-state index contributed by atoms with van der Waals surface area (Å²) >= 11 is 2.22. The molecule has 0 unspecified atom stereocenters. The highest BCUT2D eigenvalue weighted by atomic mass is 32.1. The van der Waals surface area contributed by atoms with Gasteiger partial charge in [0, 0.05) is 5.41 Å². The molecule has 2 aromatic heterocycles. The van der Waals surface area contributed by atoms with Crippen LogP contribution in [0, 0.1) is 12.3 Å². The highest BCUT2D eigenvalue weighted by Crippen LogP contribution is 2.29. The minimum atomic E-state index is -0.522. The zero-order chi connectivity index (χ0) is 18.8. The number of thiophene rings is 1. The zero-order valence-corrected chi connectivity index (χ0v) is 16.2. The molecular weight excluding hydrogens is 362 g/mol. The smallest absolute Gasteiger partial charge is 0.349 e. The Morgan fingerprint density at radius 2 is 1.84 bits per heavy atom. The minimum absolute atomic E-state index is 0.122. The van der Waals surface area contributed by atoms with Crippen LogP contribution >= 0.6 is 22.7 Å². The normalized spacial score (nSPS) is 11.1. The Kier molecular flexibility index (Phi) is 5.58. The van der Waals surface area contributed by atoms with E-state index in [-0.39, 0.29) is 11.8 Å². The van der Waals surface area contributed by atoms with Crippen LogP contribution < -0.4 is 10.6 Å². The van der Waals surface area contributed by atoms with Gasteiger partial charge in [-0.15, -0.1) is 11.3 Å². The van der Waals surface area contributed by atoms with Crippen LogP contribution in [0.4, 0.5) is 10.1 Å². The first-order valence-electron chi connectivity index (χ1n) is 7.39. The molecule has 0 spiro atoms. The van der Waals surface area contributed by atoms with Crippen molar-refractivity contribution in [2.75, 3.05) is 17.7 Å². The van der Waals surface area contributed by atoms with Crippen LogP contribution in [0.2, 0.25) is 0 Å². The lowest BCUT2D eigenvalue weighted by molar-refractivity contribution is -0.123. The molecule has 9 heteroatoms. The molecule has 7 nitrogen and oxygen atoms in total. The minimum Gasteiger partial charge on any atom is -0.465 e. The highest BCUT2D eigenvalue weighted by Gasteiger charge is 2.23. The van der Waals surface area contributed by atoms with Crippen LogP contribution in [0.5, 0.6) is 0 Å². The average Bonchev–Trinajstić information content (AvgIpc) is 3.12. The molecule has 0 atom stereocenters. The molecular formula is C16H19N3O4S2. The van der Waals surface area contributed by atoms with E-state index in [4.69, 9.17) is 0 Å². The van der Waals surface area contributed by atoms with E-state index in [1.54, 1.807) is 13.0 Å². The highest BCUT2D eigenvalue weighted by molar-refractivity contribution is 7.19. The van der Waals surface area contributed by atoms with Crippen molar-refractivity contribution in [1.82, 2.24) is 4.98 Å². The molecule has 0 aliphatic heterocycles. The van der Waals surface area contributed by atoms with Crippen LogP contribution in [0.3, 0.4) is 0 Å². The number of thiazole rings is 1. The predicted molar refractivity (Wildman–Crippen MR) is 98.5 cm³/mol. The fraction of sp³-hybridized carbons (Fsp3) is 0.375. The van der Waals surface area contributed by atoms with Gasteiger partial charge in [0.15, 0.2) is 5.13 Å². The number of rotatable bonds is 4. The Balaban J connectivity index is 2.11. The zero-order valence-electron chi connectivity index (χ0n) is 14.6. The van der Waals surface area contributed by atoms with Crippen molar-refractivity contribution >= 4 is 50.6 Å². The summed E-state index contributed by atoms with van der Waals surface area (Å²) in [7, 11) is 1.28. The summed E-state index contributed by atoms with van der Waals surface area (Å²) in [5.74, 6) is -0.967. The van der Waals surface area contributed by atoms with Gasteiger partial charge >= 0.3 is 5.97 Å². The Morgan fingerprint density at radius 3 is 2.44 bits per heavy atom. The van der Waals surface area contributed by atoms with Crippen molar-refractivity contribution in [1.29, 1.82) is 0 Å². The fourth-order valence-electron chi connectivity index (χ4n) is 1.75. The van der Waals surface area contributed by atoms with Crippen molar-refractivity contribution < 1.29 is 19.1 Å². The third-order valence-corrected chi connectivity index (χ3v) is 5.20. The maximum Gasteiger partial charge on any atom is 0.349 e. The summed E-state index contributed by atoms with van der Waals surface area (Å²) in [6.45, 7) is 7.24. The SMILES string of the molecule is COC(=O)c1cnc(NC(=O)c2sc(NC(=O)C(C)(C)C)cc2C)s1. The number of methoxy groups -OCH3 is 1. The molecule has 0 fully saturated rings. The number of aryl methyl sites for hydroxylation is 1. The Bertz CT molecular complexity index is 818. The summed E-state index contributed by atoms with van der Waals surface area (Å²) in [5.41, 5.74) is 0.224. The maximum absolute atomic E-state index is 12.4. The summed E-state index contributed by atoms with van der Waals surface area (Å²) < 4.78 is 4.61. The van der Waals surface area contributed by atoms with Gasteiger partial charge in [0.25, 0.3) is 5.91 Å². The van der Waals surface area contributed by atoms with Gasteiger partial charge in [-0.05, 0) is 18.6 Å². The molecule has 0 aliphatic rings. The number of hydrogen-bond acceptors (Lipinski definition) is 7. The molecule has 0 saturated heterocycles. The molecule has 0 aliphatic carbocycles. The quantitative estimate of drug-likeness (QED) is 0.790. The molecule has 2 rings (SSSR count). The van der Waals surface area contributed by atoms with Gasteiger partial charge < -0.3 is 10.1 Å². The lowest BCUT2D eigenvalue weighted by Gasteiger charge is -2.16. The lowest BCUT2D eigenvalue weighted by Crippen LogP contribution is -2.27. The Hall–Kier alpha value is -2.26. The second-order valence-electron chi connectivity index (χ2n) is 6.30. The monoisotopic (exact) mass is 381 g/mol. The fourth-order valence-corrected chi connectivity index (χ4v) is 3.44. The van der Waals surface area contributed by atoms with Gasteiger partial charge in [0.2, 0.25) is 5.91 Å². The molecule has 0 bridgehead atoms. The van der Waals surface area contributed by atoms with Crippen molar-refractivity contribution in [3.63, 3.8) is 0 Å². The molecule has 2 amide bonds. The van der Waals surface area contributed by atoms with Gasteiger partial charge in [-0.2, -0.15) is 0 Å². The Morgan fingerprint density at radius 1 is 1.16 bits per heavy atom. The van der Waals surface area contributed by atoms with E-state index in [1.165, 1.54) is 24.6 Å². The van der Waals surface area contributed by atoms with Crippen LogP contribution in [0.25, 0.3) is 0 Å². The summed E-state index contributed by atoms with van der Waals surface area (Å²) in [4.78, 5) is 40.7. The van der Waals surface area contributed by atoms with E-state index in [2.05, 4.69) is 20.4 Å². The van der Waals surface area contributed by atoms with Gasteiger partial charge in [-0.25, -0.2) is 9.78 Å². The third-order valence-electron chi connectivity index (χ3n) is 3.15. The number of ether oxygens (including phenoxy) is 1. The van der Waals surface area contributed by atoms with E-state index >= 15 is 0 Å². The number of carbonyl (C=O) groups excluding carboxylic acids is 3. The Labute approximate surface area is 153 Å². The molecule has 2 aromatic rings. The van der Waals surface area contributed by atoms with Gasteiger partial charge in [-0.3, -0.25) is 14.9 Å². The van der Waals surface area contributed by atoms with E-state index in [1.807, 2.05) is 20.8 Å². The average molecular weight is 381 g/mol. The predicted octanol–water partition coefficient (Wildman–Crippen LogP) is 3.54. The number of aromatic nitrogens is 1. The molecule has 134 valence electrons. The van der Waals surface area contributed by atoms with E-state index in [9.17, 15) is 14.4 Å². The second-order valence-corrected chi connectivity index (χ2v) is 8.39. The number of carbonyl (C=O) groups is 3. The standard InChI is InChI=1S/C16H19N3O4S2/c1-8-6-10(18-14(22)16(2,3)4)25-11(8)12(20)19-15-17-7-9(24-15)13(21)23-5/h6-7H,1-5H3,(H,18,22)(H,17,19,20). The van der Waals surface area contributed by atoms with Crippen molar-refractivity contribution in [3.8, 4) is 0 Å². The number of anilines is 2. The molecule has 0 saturated carbocycles. The number of nitrogens with zero attached hydrogens (tertiary/aromatic N) is 1. The lowest BCUT2D eigenvalue weighted by atomic mass is 9.96. The van der Waals surface area contributed by atoms with Crippen LogP contribution in [0.15, 0.2) is 12.3 Å². The van der Waals surface area contributed by atoms with Gasteiger partial charge in [0.05, 0.1) is 23.2 Å². The maximum atomic E-state index is 12.4. The van der Waals surface area contributed by atoms with Crippen molar-refractivity contribution in [3.05, 3.63) is 27.6 Å². The molecule has 2 N–H and O–H groups in total. The topological polar surface area (TPSA) is 97.4 Å². The molecule has 2 heterocycles. The molecule has 0 radical (unpaired) electrons. The van der Waals surface area contributed by atoms with Gasteiger partial charge in [0.1, 0.15) is 4.88 Å². The van der Waals surface area contributed by atoms with Crippen LogP contribution in [0.1, 0.15) is 45.7 Å².